The second kappa shape index (κ2) is 5.59. The molecule has 0 heterocycles. The van der Waals surface area contributed by atoms with Crippen molar-refractivity contribution in [3.8, 4) is 0 Å². The van der Waals surface area contributed by atoms with Crippen molar-refractivity contribution in [2.45, 2.75) is 39.7 Å². The number of halogens is 1. The Hall–Kier alpha value is -1.58. The molecular weight excluding hydrogens is 243 g/mol. The molecule has 0 unspecified atom stereocenters. The first-order chi connectivity index (χ1) is 8.97. The van der Waals surface area contributed by atoms with Crippen LogP contribution in [0.15, 0.2) is 18.2 Å². The van der Waals surface area contributed by atoms with Crippen LogP contribution in [0.5, 0.6) is 0 Å². The number of anilines is 1. The quantitative estimate of drug-likeness (QED) is 0.881. The molecule has 0 radical (unpaired) electrons. The number of carbonyl (C=O) groups excluding carboxylic acids is 1. The summed E-state index contributed by atoms with van der Waals surface area (Å²) >= 11 is 0. The number of hydrogen-bond donors (Lipinski definition) is 1. The van der Waals surface area contributed by atoms with Crippen molar-refractivity contribution in [3.05, 3.63) is 29.6 Å². The van der Waals surface area contributed by atoms with E-state index in [2.05, 4.69) is 19.2 Å². The van der Waals surface area contributed by atoms with E-state index in [4.69, 9.17) is 0 Å². The first kappa shape index (κ1) is 13.8. The zero-order chi connectivity index (χ0) is 14.0. The molecule has 2 rings (SSSR count). The Labute approximate surface area is 113 Å². The van der Waals surface area contributed by atoms with Crippen LogP contribution in [-0.4, -0.2) is 23.5 Å². The fraction of sp³-hybridized carbons (Fsp3) is 0.533. The molecule has 19 heavy (non-hydrogen) atoms. The maximum atomic E-state index is 13.0. The highest BCUT2D eigenvalue weighted by Gasteiger charge is 2.32. The third kappa shape index (κ3) is 3.69. The first-order valence-electron chi connectivity index (χ1n) is 6.81. The van der Waals surface area contributed by atoms with Crippen molar-refractivity contribution >= 4 is 11.7 Å². The monoisotopic (exact) mass is 264 g/mol. The average Bonchev–Trinajstić information content (AvgIpc) is 3.13. The van der Waals surface area contributed by atoms with E-state index >= 15 is 0 Å². The van der Waals surface area contributed by atoms with Gasteiger partial charge >= 0.3 is 6.03 Å². The number of nitrogens with zero attached hydrogens (tertiary/aromatic N) is 1. The number of carbonyl (C=O) groups is 1. The molecule has 1 N–H and O–H groups in total. The summed E-state index contributed by atoms with van der Waals surface area (Å²) in [5.74, 6) is 0.164. The van der Waals surface area contributed by atoms with Crippen LogP contribution in [0.25, 0.3) is 0 Å². The Kier molecular flexibility index (Phi) is 4.08. The summed E-state index contributed by atoms with van der Waals surface area (Å²) in [5.41, 5.74) is 1.43. The molecule has 4 heteroatoms. The van der Waals surface area contributed by atoms with Crippen LogP contribution in [0, 0.1) is 18.7 Å². The van der Waals surface area contributed by atoms with Crippen LogP contribution >= 0.6 is 0 Å². The smallest absolute Gasteiger partial charge is 0.321 e. The number of urea groups is 1. The van der Waals surface area contributed by atoms with Crippen LogP contribution in [0.3, 0.4) is 0 Å². The van der Waals surface area contributed by atoms with Crippen LogP contribution in [0.4, 0.5) is 14.9 Å². The summed E-state index contributed by atoms with van der Waals surface area (Å²) in [4.78, 5) is 14.2. The van der Waals surface area contributed by atoms with Gasteiger partial charge in [-0.3, -0.25) is 0 Å². The van der Waals surface area contributed by atoms with E-state index in [-0.39, 0.29) is 11.8 Å². The van der Waals surface area contributed by atoms with Crippen molar-refractivity contribution in [3.63, 3.8) is 0 Å². The van der Waals surface area contributed by atoms with E-state index in [1.807, 2.05) is 4.90 Å². The van der Waals surface area contributed by atoms with Gasteiger partial charge in [-0.1, -0.05) is 13.8 Å². The van der Waals surface area contributed by atoms with Gasteiger partial charge in [0.15, 0.2) is 0 Å². The minimum Gasteiger partial charge on any atom is -0.321 e. The number of amides is 2. The predicted octanol–water partition coefficient (Wildman–Crippen LogP) is 3.79. The molecule has 0 bridgehead atoms. The molecule has 1 fully saturated rings. The highest BCUT2D eigenvalue weighted by atomic mass is 19.1. The van der Waals surface area contributed by atoms with Crippen LogP contribution < -0.4 is 5.32 Å². The molecule has 1 saturated carbocycles. The van der Waals surface area contributed by atoms with Gasteiger partial charge in [-0.15, -0.1) is 0 Å². The molecule has 3 nitrogen and oxygen atoms in total. The fourth-order valence-electron chi connectivity index (χ4n) is 2.13. The summed E-state index contributed by atoms with van der Waals surface area (Å²) in [6.07, 6.45) is 2.17. The Morgan fingerprint density at radius 3 is 2.68 bits per heavy atom. The standard InChI is InChI=1S/C15H21FN2O/c1-10(2)9-18(13-5-6-13)15(19)17-14-7-4-12(16)8-11(14)3/h4,7-8,10,13H,5-6,9H2,1-3H3,(H,17,19). The second-order valence-corrected chi connectivity index (χ2v) is 5.67. The Balaban J connectivity index is 2.05. The van der Waals surface area contributed by atoms with Crippen molar-refractivity contribution in [1.29, 1.82) is 0 Å². The van der Waals surface area contributed by atoms with Gasteiger partial charge in [0.25, 0.3) is 0 Å². The molecule has 1 aromatic rings. The van der Waals surface area contributed by atoms with Gasteiger partial charge in [0.05, 0.1) is 0 Å². The molecule has 104 valence electrons. The maximum absolute atomic E-state index is 13.0. The van der Waals surface area contributed by atoms with E-state index in [9.17, 15) is 9.18 Å². The van der Waals surface area contributed by atoms with Gasteiger partial charge in [0.1, 0.15) is 5.82 Å². The van der Waals surface area contributed by atoms with E-state index in [0.29, 0.717) is 17.6 Å². The number of aryl methyl sites for hydroxylation is 1. The highest BCUT2D eigenvalue weighted by molar-refractivity contribution is 5.90. The third-order valence-electron chi connectivity index (χ3n) is 3.24. The minimum atomic E-state index is -0.281. The van der Waals surface area contributed by atoms with Crippen molar-refractivity contribution in [1.82, 2.24) is 4.90 Å². The molecule has 0 spiro atoms. The van der Waals surface area contributed by atoms with Gasteiger partial charge < -0.3 is 10.2 Å². The number of hydrogen-bond acceptors (Lipinski definition) is 1. The molecule has 1 aromatic carbocycles. The SMILES string of the molecule is Cc1cc(F)ccc1NC(=O)N(CC(C)C)C1CC1. The van der Waals surface area contributed by atoms with E-state index in [1.165, 1.54) is 12.1 Å². The Bertz CT molecular complexity index is 469. The van der Waals surface area contributed by atoms with E-state index in [1.54, 1.807) is 13.0 Å². The van der Waals surface area contributed by atoms with Crippen molar-refractivity contribution < 1.29 is 9.18 Å². The van der Waals surface area contributed by atoms with Gasteiger partial charge in [0, 0.05) is 18.3 Å². The van der Waals surface area contributed by atoms with Crippen molar-refractivity contribution in [2.24, 2.45) is 5.92 Å². The lowest BCUT2D eigenvalue weighted by Crippen LogP contribution is -2.39. The zero-order valence-electron chi connectivity index (χ0n) is 11.7. The molecule has 0 atom stereocenters. The van der Waals surface area contributed by atoms with Crippen LogP contribution in [-0.2, 0) is 0 Å². The van der Waals surface area contributed by atoms with Gasteiger partial charge in [-0.25, -0.2) is 9.18 Å². The molecule has 1 aliphatic carbocycles. The first-order valence-corrected chi connectivity index (χ1v) is 6.81. The van der Waals surface area contributed by atoms with Gasteiger partial charge in [-0.05, 0) is 49.4 Å². The topological polar surface area (TPSA) is 32.3 Å². The Morgan fingerprint density at radius 1 is 1.47 bits per heavy atom. The maximum Gasteiger partial charge on any atom is 0.322 e. The zero-order valence-corrected chi connectivity index (χ0v) is 11.7. The largest absolute Gasteiger partial charge is 0.322 e. The average molecular weight is 264 g/mol. The third-order valence-corrected chi connectivity index (χ3v) is 3.24. The number of rotatable bonds is 4. The highest BCUT2D eigenvalue weighted by Crippen LogP contribution is 2.28. The second-order valence-electron chi connectivity index (χ2n) is 5.67. The van der Waals surface area contributed by atoms with Gasteiger partial charge in [0.2, 0.25) is 0 Å². The van der Waals surface area contributed by atoms with Crippen LogP contribution in [0.2, 0.25) is 0 Å². The summed E-state index contributed by atoms with van der Waals surface area (Å²) < 4.78 is 13.0. The lowest BCUT2D eigenvalue weighted by molar-refractivity contribution is 0.201. The molecular formula is C15H21FN2O. The fourth-order valence-corrected chi connectivity index (χ4v) is 2.13. The summed E-state index contributed by atoms with van der Waals surface area (Å²) in [6.45, 7) is 6.76. The summed E-state index contributed by atoms with van der Waals surface area (Å²) in [5, 5.41) is 2.88. The molecule has 0 aromatic heterocycles. The summed E-state index contributed by atoms with van der Waals surface area (Å²) in [6, 6.07) is 4.71. The number of nitrogens with one attached hydrogen (secondary N) is 1. The lowest BCUT2D eigenvalue weighted by Gasteiger charge is -2.25. The number of benzene rings is 1. The predicted molar refractivity (Wildman–Crippen MR) is 74.7 cm³/mol. The minimum absolute atomic E-state index is 0.0779. The molecule has 0 aliphatic heterocycles. The molecule has 1 aliphatic rings. The lowest BCUT2D eigenvalue weighted by atomic mass is 10.2. The summed E-state index contributed by atoms with van der Waals surface area (Å²) in [7, 11) is 0. The molecule has 2 amide bonds. The van der Waals surface area contributed by atoms with Gasteiger partial charge in [-0.2, -0.15) is 0 Å². The normalized spacial score (nSPS) is 14.6. The Morgan fingerprint density at radius 2 is 2.16 bits per heavy atom. The van der Waals surface area contributed by atoms with Crippen LogP contribution in [0.1, 0.15) is 32.3 Å². The van der Waals surface area contributed by atoms with E-state index in [0.717, 1.165) is 24.9 Å². The van der Waals surface area contributed by atoms with Crippen molar-refractivity contribution in [2.75, 3.05) is 11.9 Å². The molecule has 0 saturated heterocycles. The van der Waals surface area contributed by atoms with E-state index < -0.39 is 0 Å².